The second kappa shape index (κ2) is 4.84. The van der Waals surface area contributed by atoms with Gasteiger partial charge in [0.05, 0.1) is 32.3 Å². The lowest BCUT2D eigenvalue weighted by atomic mass is 9.95. The summed E-state index contributed by atoms with van der Waals surface area (Å²) < 4.78 is 46.6. The van der Waals surface area contributed by atoms with Crippen molar-refractivity contribution in [3.63, 3.8) is 0 Å². The zero-order valence-corrected chi connectivity index (χ0v) is 11.7. The van der Waals surface area contributed by atoms with E-state index < -0.39 is 24.4 Å². The number of ketones is 1. The summed E-state index contributed by atoms with van der Waals surface area (Å²) in [7, 11) is 2.60. The van der Waals surface area contributed by atoms with Gasteiger partial charge in [-0.3, -0.25) is 4.79 Å². The number of furan rings is 1. The standard InChI is InChI=1S/C14H12F2O6/c1-19-9-6-3-4-21-10(6)12(20-2)11-8(9)7(17)5-14(18,22-11)13(15)16/h3-4,13,18H,5H2,1-2H3. The lowest BCUT2D eigenvalue weighted by molar-refractivity contribution is -0.220. The lowest BCUT2D eigenvalue weighted by Crippen LogP contribution is -2.48. The van der Waals surface area contributed by atoms with Crippen molar-refractivity contribution in [3.05, 3.63) is 17.9 Å². The minimum atomic E-state index is -3.27. The van der Waals surface area contributed by atoms with Gasteiger partial charge in [0.15, 0.2) is 17.1 Å². The average molecular weight is 314 g/mol. The Kier molecular flexibility index (Phi) is 3.21. The van der Waals surface area contributed by atoms with Crippen molar-refractivity contribution in [2.24, 2.45) is 0 Å². The number of hydrogen-bond acceptors (Lipinski definition) is 6. The van der Waals surface area contributed by atoms with Crippen molar-refractivity contribution in [3.8, 4) is 17.2 Å². The molecule has 0 bridgehead atoms. The minimum Gasteiger partial charge on any atom is -0.495 e. The van der Waals surface area contributed by atoms with Crippen molar-refractivity contribution < 1.29 is 37.3 Å². The summed E-state index contributed by atoms with van der Waals surface area (Å²) in [6.45, 7) is 0. The molecular weight excluding hydrogens is 302 g/mol. The fraction of sp³-hybridized carbons (Fsp3) is 0.357. The highest BCUT2D eigenvalue weighted by Crippen LogP contribution is 2.50. The normalized spacial score (nSPS) is 20.9. The van der Waals surface area contributed by atoms with Gasteiger partial charge in [0.25, 0.3) is 5.79 Å². The summed E-state index contributed by atoms with van der Waals surface area (Å²) in [5.41, 5.74) is 0.114. The number of benzene rings is 1. The monoisotopic (exact) mass is 314 g/mol. The van der Waals surface area contributed by atoms with E-state index in [9.17, 15) is 18.7 Å². The number of rotatable bonds is 3. The largest absolute Gasteiger partial charge is 0.495 e. The van der Waals surface area contributed by atoms with Crippen LogP contribution in [0.1, 0.15) is 16.8 Å². The maximum absolute atomic E-state index is 13.0. The van der Waals surface area contributed by atoms with E-state index in [0.29, 0.717) is 5.39 Å². The van der Waals surface area contributed by atoms with Crippen LogP contribution >= 0.6 is 0 Å². The molecule has 0 aliphatic carbocycles. The predicted octanol–water partition coefficient (Wildman–Crippen LogP) is 2.37. The number of methoxy groups -OCH3 is 2. The third kappa shape index (κ3) is 1.83. The molecule has 1 unspecified atom stereocenters. The predicted molar refractivity (Wildman–Crippen MR) is 69.8 cm³/mol. The number of carbonyl (C=O) groups is 1. The number of aliphatic hydroxyl groups is 1. The van der Waals surface area contributed by atoms with E-state index in [1.54, 1.807) is 6.07 Å². The first-order valence-electron chi connectivity index (χ1n) is 6.30. The molecule has 3 rings (SSSR count). The summed E-state index contributed by atoms with van der Waals surface area (Å²) >= 11 is 0. The first-order chi connectivity index (χ1) is 10.4. The van der Waals surface area contributed by atoms with E-state index in [2.05, 4.69) is 0 Å². The van der Waals surface area contributed by atoms with E-state index in [0.717, 1.165) is 0 Å². The van der Waals surface area contributed by atoms with E-state index in [1.807, 2.05) is 0 Å². The van der Waals surface area contributed by atoms with E-state index in [-0.39, 0.29) is 28.4 Å². The van der Waals surface area contributed by atoms with Crippen molar-refractivity contribution in [1.82, 2.24) is 0 Å². The fourth-order valence-electron chi connectivity index (χ4n) is 2.52. The Balaban J connectivity index is 2.35. The second-order valence-electron chi connectivity index (χ2n) is 4.78. The van der Waals surface area contributed by atoms with Crippen LogP contribution in [0, 0.1) is 0 Å². The molecule has 1 atom stereocenters. The Morgan fingerprint density at radius 3 is 2.59 bits per heavy atom. The number of Topliss-reactive ketones (excluding diaryl/α,β-unsaturated/α-hetero) is 1. The molecule has 1 aliphatic rings. The van der Waals surface area contributed by atoms with Gasteiger partial charge in [-0.05, 0) is 6.07 Å². The van der Waals surface area contributed by atoms with Crippen LogP contribution in [0.3, 0.4) is 0 Å². The fourth-order valence-corrected chi connectivity index (χ4v) is 2.52. The number of alkyl halides is 2. The zero-order chi connectivity index (χ0) is 16.1. The van der Waals surface area contributed by atoms with Crippen LogP contribution < -0.4 is 14.2 Å². The molecule has 0 fully saturated rings. The number of fused-ring (bicyclic) bond motifs is 2. The Morgan fingerprint density at radius 2 is 2.00 bits per heavy atom. The molecule has 1 aromatic heterocycles. The average Bonchev–Trinajstić information content (AvgIpc) is 2.93. The van der Waals surface area contributed by atoms with Gasteiger partial charge >= 0.3 is 6.43 Å². The highest BCUT2D eigenvalue weighted by atomic mass is 19.3. The quantitative estimate of drug-likeness (QED) is 0.937. The molecule has 22 heavy (non-hydrogen) atoms. The molecule has 1 N–H and O–H groups in total. The van der Waals surface area contributed by atoms with Crippen LogP contribution in [0.4, 0.5) is 8.78 Å². The highest BCUT2D eigenvalue weighted by molar-refractivity contribution is 6.10. The van der Waals surface area contributed by atoms with Crippen LogP contribution in [-0.2, 0) is 0 Å². The Labute approximate surface area is 123 Å². The lowest BCUT2D eigenvalue weighted by Gasteiger charge is -2.33. The van der Waals surface area contributed by atoms with Crippen molar-refractivity contribution in [2.75, 3.05) is 14.2 Å². The van der Waals surface area contributed by atoms with Gasteiger partial charge in [0.1, 0.15) is 11.3 Å². The van der Waals surface area contributed by atoms with Gasteiger partial charge in [-0.15, -0.1) is 0 Å². The third-order valence-electron chi connectivity index (χ3n) is 3.50. The zero-order valence-electron chi connectivity index (χ0n) is 11.7. The third-order valence-corrected chi connectivity index (χ3v) is 3.50. The molecule has 0 amide bonds. The molecule has 1 aliphatic heterocycles. The van der Waals surface area contributed by atoms with Crippen molar-refractivity contribution in [2.45, 2.75) is 18.6 Å². The Hall–Kier alpha value is -2.35. The molecule has 8 heteroatoms. The maximum Gasteiger partial charge on any atom is 0.302 e. The van der Waals surface area contributed by atoms with Gasteiger partial charge in [-0.1, -0.05) is 0 Å². The van der Waals surface area contributed by atoms with Crippen molar-refractivity contribution in [1.29, 1.82) is 0 Å². The van der Waals surface area contributed by atoms with Crippen LogP contribution in [0.15, 0.2) is 16.7 Å². The highest BCUT2D eigenvalue weighted by Gasteiger charge is 2.49. The number of halogens is 2. The first-order valence-corrected chi connectivity index (χ1v) is 6.30. The van der Waals surface area contributed by atoms with Crippen LogP contribution in [0.2, 0.25) is 0 Å². The minimum absolute atomic E-state index is 0.0528. The molecular formula is C14H12F2O6. The summed E-state index contributed by atoms with van der Waals surface area (Å²) in [6, 6.07) is 1.55. The van der Waals surface area contributed by atoms with Gasteiger partial charge in [0.2, 0.25) is 5.75 Å². The SMILES string of the molecule is COc1c2c(c(OC)c3occc13)OC(O)(C(F)F)CC2=O. The molecule has 2 heterocycles. The molecule has 0 spiro atoms. The first kappa shape index (κ1) is 14.6. The van der Waals surface area contributed by atoms with E-state index in [4.69, 9.17) is 18.6 Å². The maximum atomic E-state index is 13.0. The van der Waals surface area contributed by atoms with Gasteiger partial charge < -0.3 is 23.7 Å². The van der Waals surface area contributed by atoms with Gasteiger partial charge in [0, 0.05) is 0 Å². The van der Waals surface area contributed by atoms with Crippen molar-refractivity contribution >= 4 is 16.8 Å². The molecule has 118 valence electrons. The summed E-state index contributed by atoms with van der Waals surface area (Å²) in [6.07, 6.45) is -2.82. The molecule has 6 nitrogen and oxygen atoms in total. The molecule has 0 saturated carbocycles. The van der Waals surface area contributed by atoms with Crippen LogP contribution in [-0.4, -0.2) is 37.3 Å². The Bertz CT molecular complexity index is 753. The van der Waals surface area contributed by atoms with Gasteiger partial charge in [-0.2, -0.15) is 0 Å². The number of hydrogen-bond donors (Lipinski definition) is 1. The summed E-state index contributed by atoms with van der Waals surface area (Å²) in [5.74, 6) is -3.89. The second-order valence-corrected chi connectivity index (χ2v) is 4.78. The molecule has 2 aromatic rings. The topological polar surface area (TPSA) is 78.1 Å². The number of carbonyl (C=O) groups excluding carboxylic acids is 1. The Morgan fingerprint density at radius 1 is 1.32 bits per heavy atom. The van der Waals surface area contributed by atoms with E-state index >= 15 is 0 Å². The van der Waals surface area contributed by atoms with Gasteiger partial charge in [-0.25, -0.2) is 8.78 Å². The summed E-state index contributed by atoms with van der Waals surface area (Å²) in [4.78, 5) is 12.3. The smallest absolute Gasteiger partial charge is 0.302 e. The molecule has 0 radical (unpaired) electrons. The molecule has 1 aromatic carbocycles. The van der Waals surface area contributed by atoms with E-state index in [1.165, 1.54) is 20.5 Å². The number of ether oxygens (including phenoxy) is 3. The molecule has 0 saturated heterocycles. The summed E-state index contributed by atoms with van der Waals surface area (Å²) in [5, 5.41) is 10.3. The van der Waals surface area contributed by atoms with Crippen LogP contribution in [0.5, 0.6) is 17.2 Å². The van der Waals surface area contributed by atoms with Crippen LogP contribution in [0.25, 0.3) is 11.0 Å².